The fourth-order valence-corrected chi connectivity index (χ4v) is 4.22. The number of carbonyl (C=O) groups is 2. The standard InChI is InChI=1S/C18H22N4O2/c1-13-6-3-7-15-19-14(12-21(13)15)16(23)22-11-5-9-18(22)8-4-10-20(2)17(18)24/h3,6-7,12H,4-5,8-11H2,1-2H3. The van der Waals surface area contributed by atoms with Gasteiger partial charge in [-0.3, -0.25) is 9.59 Å². The zero-order chi connectivity index (χ0) is 16.9. The lowest BCUT2D eigenvalue weighted by molar-refractivity contribution is -0.144. The number of carbonyl (C=O) groups excluding carboxylic acids is 2. The number of hydrogen-bond donors (Lipinski definition) is 0. The number of aromatic nitrogens is 2. The molecule has 2 aromatic heterocycles. The van der Waals surface area contributed by atoms with Crippen LogP contribution in [0.3, 0.4) is 0 Å². The van der Waals surface area contributed by atoms with E-state index in [1.54, 1.807) is 16.0 Å². The average Bonchev–Trinajstić information content (AvgIpc) is 3.18. The summed E-state index contributed by atoms with van der Waals surface area (Å²) in [6.45, 7) is 3.39. The Labute approximate surface area is 141 Å². The highest BCUT2D eigenvalue weighted by Gasteiger charge is 2.52. The average molecular weight is 326 g/mol. The fraction of sp³-hybridized carbons (Fsp3) is 0.500. The molecule has 2 aliphatic rings. The zero-order valence-electron chi connectivity index (χ0n) is 14.2. The van der Waals surface area contributed by atoms with E-state index in [9.17, 15) is 9.59 Å². The van der Waals surface area contributed by atoms with Gasteiger partial charge in [-0.2, -0.15) is 0 Å². The number of rotatable bonds is 1. The summed E-state index contributed by atoms with van der Waals surface area (Å²) >= 11 is 0. The van der Waals surface area contributed by atoms with Crippen LogP contribution in [0.1, 0.15) is 41.9 Å². The minimum absolute atomic E-state index is 0.0829. The van der Waals surface area contributed by atoms with Crippen molar-refractivity contribution in [2.24, 2.45) is 0 Å². The van der Waals surface area contributed by atoms with Gasteiger partial charge < -0.3 is 14.2 Å². The molecule has 0 bridgehead atoms. The van der Waals surface area contributed by atoms with E-state index in [0.29, 0.717) is 12.2 Å². The second kappa shape index (κ2) is 5.33. The Morgan fingerprint density at radius 1 is 1.21 bits per heavy atom. The number of imidazole rings is 1. The smallest absolute Gasteiger partial charge is 0.274 e. The van der Waals surface area contributed by atoms with Gasteiger partial charge in [-0.25, -0.2) is 4.98 Å². The molecule has 0 aliphatic carbocycles. The molecule has 2 saturated heterocycles. The molecule has 0 aromatic carbocycles. The molecule has 6 nitrogen and oxygen atoms in total. The normalized spacial score (nSPS) is 24.3. The summed E-state index contributed by atoms with van der Waals surface area (Å²) in [5.41, 5.74) is 1.56. The lowest BCUT2D eigenvalue weighted by Gasteiger charge is -2.43. The van der Waals surface area contributed by atoms with Gasteiger partial charge in [0.2, 0.25) is 5.91 Å². The van der Waals surface area contributed by atoms with Crippen LogP contribution >= 0.6 is 0 Å². The second-order valence-corrected chi connectivity index (χ2v) is 6.94. The molecule has 6 heteroatoms. The van der Waals surface area contributed by atoms with E-state index in [0.717, 1.165) is 43.6 Å². The first-order valence-corrected chi connectivity index (χ1v) is 8.55. The number of hydrogen-bond acceptors (Lipinski definition) is 3. The van der Waals surface area contributed by atoms with Crippen LogP contribution in [0.5, 0.6) is 0 Å². The molecule has 2 fully saturated rings. The van der Waals surface area contributed by atoms with Crippen molar-refractivity contribution in [1.29, 1.82) is 0 Å². The van der Waals surface area contributed by atoms with E-state index in [1.807, 2.05) is 36.6 Å². The van der Waals surface area contributed by atoms with Crippen LogP contribution in [0.4, 0.5) is 0 Å². The molecule has 1 atom stereocenters. The highest BCUT2D eigenvalue weighted by atomic mass is 16.2. The van der Waals surface area contributed by atoms with Gasteiger partial charge in [-0.1, -0.05) is 6.07 Å². The third-order valence-corrected chi connectivity index (χ3v) is 5.48. The van der Waals surface area contributed by atoms with Gasteiger partial charge in [-0.15, -0.1) is 0 Å². The molecular formula is C18H22N4O2. The molecule has 126 valence electrons. The number of pyridine rings is 1. The van der Waals surface area contributed by atoms with Crippen LogP contribution in [0, 0.1) is 6.92 Å². The Bertz CT molecular complexity index is 828. The van der Waals surface area contributed by atoms with Gasteiger partial charge in [0.25, 0.3) is 5.91 Å². The first kappa shape index (κ1) is 15.2. The Hall–Kier alpha value is -2.37. The van der Waals surface area contributed by atoms with Crippen LogP contribution in [-0.2, 0) is 4.79 Å². The van der Waals surface area contributed by atoms with Crippen LogP contribution in [-0.4, -0.2) is 56.7 Å². The Balaban J connectivity index is 1.72. The number of piperidine rings is 1. The van der Waals surface area contributed by atoms with Crippen molar-refractivity contribution in [2.45, 2.75) is 38.1 Å². The molecule has 2 aliphatic heterocycles. The van der Waals surface area contributed by atoms with E-state index in [2.05, 4.69) is 4.98 Å². The molecule has 2 amide bonds. The van der Waals surface area contributed by atoms with Gasteiger partial charge in [0.15, 0.2) is 0 Å². The van der Waals surface area contributed by atoms with Crippen molar-refractivity contribution >= 4 is 17.5 Å². The van der Waals surface area contributed by atoms with Crippen molar-refractivity contribution < 1.29 is 9.59 Å². The summed E-state index contributed by atoms with van der Waals surface area (Å²) < 4.78 is 1.92. The van der Waals surface area contributed by atoms with Crippen molar-refractivity contribution in [3.63, 3.8) is 0 Å². The minimum atomic E-state index is -0.658. The van der Waals surface area contributed by atoms with Crippen molar-refractivity contribution in [1.82, 2.24) is 19.2 Å². The summed E-state index contributed by atoms with van der Waals surface area (Å²) in [4.78, 5) is 34.0. The second-order valence-electron chi connectivity index (χ2n) is 6.94. The molecule has 1 unspecified atom stereocenters. The minimum Gasteiger partial charge on any atom is -0.344 e. The highest BCUT2D eigenvalue weighted by molar-refractivity contribution is 5.99. The van der Waals surface area contributed by atoms with E-state index in [1.165, 1.54) is 0 Å². The fourth-order valence-electron chi connectivity index (χ4n) is 4.22. The summed E-state index contributed by atoms with van der Waals surface area (Å²) in [5, 5.41) is 0. The molecule has 4 rings (SSSR count). The van der Waals surface area contributed by atoms with E-state index >= 15 is 0 Å². The molecular weight excluding hydrogens is 304 g/mol. The molecule has 4 heterocycles. The Morgan fingerprint density at radius 2 is 1.96 bits per heavy atom. The van der Waals surface area contributed by atoms with Gasteiger partial charge in [0.05, 0.1) is 0 Å². The maximum atomic E-state index is 13.1. The maximum Gasteiger partial charge on any atom is 0.274 e. The third kappa shape index (κ3) is 2.05. The molecule has 1 spiro atoms. The first-order valence-electron chi connectivity index (χ1n) is 8.55. The third-order valence-electron chi connectivity index (χ3n) is 5.48. The van der Waals surface area contributed by atoms with Gasteiger partial charge in [-0.05, 0) is 44.7 Å². The Kier molecular flexibility index (Phi) is 3.37. The number of fused-ring (bicyclic) bond motifs is 1. The van der Waals surface area contributed by atoms with Crippen molar-refractivity contribution in [2.75, 3.05) is 20.1 Å². The van der Waals surface area contributed by atoms with E-state index < -0.39 is 5.54 Å². The topological polar surface area (TPSA) is 57.9 Å². The monoisotopic (exact) mass is 326 g/mol. The van der Waals surface area contributed by atoms with E-state index in [-0.39, 0.29) is 11.8 Å². The maximum absolute atomic E-state index is 13.1. The SMILES string of the molecule is Cc1cccc2nc(C(=O)N3CCCC34CCCN(C)C4=O)cn12. The lowest BCUT2D eigenvalue weighted by atomic mass is 9.85. The number of likely N-dealkylation sites (N-methyl/N-ethyl adjacent to an activating group) is 1. The van der Waals surface area contributed by atoms with Crippen LogP contribution in [0.15, 0.2) is 24.4 Å². The zero-order valence-corrected chi connectivity index (χ0v) is 14.2. The van der Waals surface area contributed by atoms with Crippen LogP contribution < -0.4 is 0 Å². The van der Waals surface area contributed by atoms with Crippen molar-refractivity contribution in [3.05, 3.63) is 35.8 Å². The first-order chi connectivity index (χ1) is 11.5. The molecule has 0 saturated carbocycles. The van der Waals surface area contributed by atoms with Crippen molar-refractivity contribution in [3.8, 4) is 0 Å². The van der Waals surface area contributed by atoms with Gasteiger partial charge >= 0.3 is 0 Å². The predicted octanol–water partition coefficient (Wildman–Crippen LogP) is 1.87. The summed E-state index contributed by atoms with van der Waals surface area (Å²) in [6, 6.07) is 5.81. The molecule has 24 heavy (non-hydrogen) atoms. The number of likely N-dealkylation sites (tertiary alicyclic amines) is 2. The quantitative estimate of drug-likeness (QED) is 0.804. The summed E-state index contributed by atoms with van der Waals surface area (Å²) in [7, 11) is 1.83. The van der Waals surface area contributed by atoms with Gasteiger partial charge in [0.1, 0.15) is 16.9 Å². The van der Waals surface area contributed by atoms with E-state index in [4.69, 9.17) is 0 Å². The lowest BCUT2D eigenvalue weighted by Crippen LogP contribution is -2.60. The summed E-state index contributed by atoms with van der Waals surface area (Å²) in [5.74, 6) is -0.0428. The highest BCUT2D eigenvalue weighted by Crippen LogP contribution is 2.38. The largest absolute Gasteiger partial charge is 0.344 e. The van der Waals surface area contributed by atoms with Gasteiger partial charge in [0, 0.05) is 32.0 Å². The Morgan fingerprint density at radius 3 is 2.71 bits per heavy atom. The van der Waals surface area contributed by atoms with Crippen LogP contribution in [0.2, 0.25) is 0 Å². The molecule has 0 N–H and O–H groups in total. The number of nitrogens with zero attached hydrogens (tertiary/aromatic N) is 4. The molecule has 0 radical (unpaired) electrons. The summed E-state index contributed by atoms with van der Waals surface area (Å²) in [6.07, 6.45) is 5.12. The predicted molar refractivity (Wildman–Crippen MR) is 89.8 cm³/mol. The van der Waals surface area contributed by atoms with Crippen LogP contribution in [0.25, 0.3) is 5.65 Å². The number of amides is 2. The number of aryl methyl sites for hydroxylation is 1. The molecule has 2 aromatic rings.